The molecule has 2 aromatic heterocycles. The van der Waals surface area contributed by atoms with Crippen LogP contribution in [0.3, 0.4) is 0 Å². The Morgan fingerprint density at radius 1 is 1.06 bits per heavy atom. The highest BCUT2D eigenvalue weighted by Gasteiger charge is 2.22. The minimum absolute atomic E-state index is 0.0971. The maximum Gasteiger partial charge on any atom is 0.147 e. The molecule has 0 amide bonds. The van der Waals surface area contributed by atoms with Gasteiger partial charge in [-0.1, -0.05) is 61.1 Å². The zero-order valence-electron chi connectivity index (χ0n) is 23.4. The van der Waals surface area contributed by atoms with Crippen molar-refractivity contribution >= 4 is 11.3 Å². The summed E-state index contributed by atoms with van der Waals surface area (Å²) >= 11 is 1.83. The van der Waals surface area contributed by atoms with Crippen molar-refractivity contribution in [1.29, 1.82) is 0 Å². The van der Waals surface area contributed by atoms with E-state index in [-0.39, 0.29) is 10.8 Å². The lowest BCUT2D eigenvalue weighted by Gasteiger charge is -2.26. The van der Waals surface area contributed by atoms with Crippen LogP contribution in [0.2, 0.25) is 0 Å². The van der Waals surface area contributed by atoms with Gasteiger partial charge in [-0.25, -0.2) is 14.6 Å². The van der Waals surface area contributed by atoms with Gasteiger partial charge in [0.2, 0.25) is 0 Å². The number of allylic oxidation sites excluding steroid dienone is 1. The van der Waals surface area contributed by atoms with Crippen molar-refractivity contribution in [3.63, 3.8) is 0 Å². The summed E-state index contributed by atoms with van der Waals surface area (Å²) in [6.07, 6.45) is 3.11. The molecule has 190 valence electrons. The highest BCUT2D eigenvalue weighted by molar-refractivity contribution is 7.15. The van der Waals surface area contributed by atoms with Crippen LogP contribution in [0.1, 0.15) is 88.5 Å². The lowest BCUT2D eigenvalue weighted by molar-refractivity contribution is 0.368. The van der Waals surface area contributed by atoms with Gasteiger partial charge in [0.15, 0.2) is 0 Å². The van der Waals surface area contributed by atoms with Crippen LogP contribution in [0.15, 0.2) is 36.7 Å². The van der Waals surface area contributed by atoms with E-state index in [0.29, 0.717) is 12.5 Å². The number of aryl methyl sites for hydroxylation is 2. The maximum absolute atomic E-state index is 4.85. The highest BCUT2D eigenvalue weighted by atomic mass is 32.1. The average molecular weight is 494 g/mol. The van der Waals surface area contributed by atoms with Crippen molar-refractivity contribution in [2.45, 2.75) is 92.0 Å². The second kappa shape index (κ2) is 10.3. The van der Waals surface area contributed by atoms with E-state index in [1.165, 1.54) is 21.6 Å². The molecule has 3 rings (SSSR count). The van der Waals surface area contributed by atoms with Crippen molar-refractivity contribution in [2.75, 3.05) is 13.6 Å². The van der Waals surface area contributed by atoms with Crippen LogP contribution < -0.4 is 0 Å². The number of nitrogens with zero attached hydrogens (tertiary/aromatic N) is 5. The first kappa shape index (κ1) is 27.1. The average Bonchev–Trinajstić information content (AvgIpc) is 3.36. The third-order valence-electron chi connectivity index (χ3n) is 6.65. The van der Waals surface area contributed by atoms with E-state index in [2.05, 4.69) is 101 Å². The smallest absolute Gasteiger partial charge is 0.147 e. The summed E-state index contributed by atoms with van der Waals surface area (Å²) in [4.78, 5) is 12.8. The summed E-state index contributed by atoms with van der Waals surface area (Å²) in [5.41, 5.74) is 5.20. The van der Waals surface area contributed by atoms with Crippen LogP contribution >= 0.6 is 11.3 Å². The van der Waals surface area contributed by atoms with Crippen LogP contribution in [0, 0.1) is 13.8 Å². The van der Waals surface area contributed by atoms with E-state index in [1.807, 2.05) is 29.9 Å². The van der Waals surface area contributed by atoms with E-state index in [0.717, 1.165) is 35.3 Å². The molecule has 2 heterocycles. The van der Waals surface area contributed by atoms with Crippen molar-refractivity contribution in [3.8, 4) is 10.6 Å². The minimum atomic E-state index is 0.0971. The first-order valence-corrected chi connectivity index (χ1v) is 13.4. The van der Waals surface area contributed by atoms with E-state index in [4.69, 9.17) is 4.98 Å². The molecule has 0 aliphatic rings. The largest absolute Gasteiger partial charge is 0.377 e. The van der Waals surface area contributed by atoms with Crippen LogP contribution in [0.5, 0.6) is 0 Å². The van der Waals surface area contributed by atoms with E-state index in [1.54, 1.807) is 0 Å². The van der Waals surface area contributed by atoms with Gasteiger partial charge in [-0.15, -0.1) is 11.3 Å². The molecule has 3 aromatic rings. The number of benzene rings is 1. The molecular weight excluding hydrogens is 450 g/mol. The standard InChI is InChI=1S/C29H43N5S/c1-19(12-13-33(11)20(2)18-34-22(4)31-21(3)32-34)26-17-30-27(35-26)23-14-24(28(5,6)7)16-25(15-23)29(8,9)10/h14-17,19H,2,12-13,18H2,1,3-11H3. The quantitative estimate of drug-likeness (QED) is 0.331. The van der Waals surface area contributed by atoms with Crippen molar-refractivity contribution in [2.24, 2.45) is 0 Å². The predicted octanol–water partition coefficient (Wildman–Crippen LogP) is 7.25. The second-order valence-electron chi connectivity index (χ2n) is 11.9. The molecule has 0 spiro atoms. The molecule has 0 aliphatic heterocycles. The Balaban J connectivity index is 1.70. The zero-order valence-corrected chi connectivity index (χ0v) is 24.2. The molecule has 0 fully saturated rings. The number of hydrogen-bond acceptors (Lipinski definition) is 5. The van der Waals surface area contributed by atoms with Crippen molar-refractivity contribution in [1.82, 2.24) is 24.6 Å². The highest BCUT2D eigenvalue weighted by Crippen LogP contribution is 2.37. The Bertz CT molecular complexity index is 1140. The van der Waals surface area contributed by atoms with Gasteiger partial charge in [-0.2, -0.15) is 5.10 Å². The molecule has 6 heteroatoms. The van der Waals surface area contributed by atoms with Crippen LogP contribution in [-0.2, 0) is 17.4 Å². The van der Waals surface area contributed by atoms with Gasteiger partial charge in [-0.3, -0.25) is 0 Å². The first-order valence-electron chi connectivity index (χ1n) is 12.5. The molecule has 0 saturated heterocycles. The molecule has 0 saturated carbocycles. The first-order chi connectivity index (χ1) is 16.1. The monoisotopic (exact) mass is 493 g/mol. The van der Waals surface area contributed by atoms with Crippen molar-refractivity contribution < 1.29 is 0 Å². The molecule has 0 aliphatic carbocycles. The molecule has 1 aromatic carbocycles. The normalized spacial score (nSPS) is 13.2. The molecular formula is C29H43N5S. The van der Waals surface area contributed by atoms with Crippen LogP contribution in [0.25, 0.3) is 10.6 Å². The Hall–Kier alpha value is -2.47. The van der Waals surface area contributed by atoms with Gasteiger partial charge in [-0.05, 0) is 60.3 Å². The fourth-order valence-corrected chi connectivity index (χ4v) is 4.95. The zero-order chi connectivity index (χ0) is 26.1. The Labute approximate surface area is 216 Å². The summed E-state index contributed by atoms with van der Waals surface area (Å²) in [7, 11) is 2.11. The lowest BCUT2D eigenvalue weighted by Crippen LogP contribution is -2.23. The van der Waals surface area contributed by atoms with Gasteiger partial charge in [0.1, 0.15) is 16.7 Å². The van der Waals surface area contributed by atoms with Gasteiger partial charge >= 0.3 is 0 Å². The predicted molar refractivity (Wildman–Crippen MR) is 149 cm³/mol. The summed E-state index contributed by atoms with van der Waals surface area (Å²) in [5.74, 6) is 2.16. The van der Waals surface area contributed by atoms with Gasteiger partial charge in [0.05, 0.1) is 6.54 Å². The summed E-state index contributed by atoms with van der Waals surface area (Å²) in [6, 6.07) is 7.02. The number of aromatic nitrogens is 4. The third kappa shape index (κ3) is 6.81. The number of hydrogen-bond donors (Lipinski definition) is 0. The van der Waals surface area contributed by atoms with Crippen molar-refractivity contribution in [3.05, 3.63) is 64.3 Å². The number of likely N-dealkylation sites (N-methyl/N-ethyl adjacent to an activating group) is 1. The van der Waals surface area contributed by atoms with E-state index < -0.39 is 0 Å². The topological polar surface area (TPSA) is 46.8 Å². The molecule has 0 bridgehead atoms. The minimum Gasteiger partial charge on any atom is -0.377 e. The summed E-state index contributed by atoms with van der Waals surface area (Å²) in [6.45, 7) is 25.8. The molecule has 5 nitrogen and oxygen atoms in total. The second-order valence-corrected chi connectivity index (χ2v) is 13.0. The van der Waals surface area contributed by atoms with Crippen LogP contribution in [-0.4, -0.2) is 38.2 Å². The third-order valence-corrected chi connectivity index (χ3v) is 7.93. The number of rotatable bonds is 8. The molecule has 1 atom stereocenters. The summed E-state index contributed by atoms with van der Waals surface area (Å²) < 4.78 is 1.92. The fourth-order valence-electron chi connectivity index (χ4n) is 3.96. The SMILES string of the molecule is C=C(Cn1nc(C)nc1C)N(C)CCC(C)c1cnc(-c2cc(C(C)(C)C)cc(C(C)(C)C)c2)s1. The Morgan fingerprint density at radius 2 is 1.66 bits per heavy atom. The van der Waals surface area contributed by atoms with Gasteiger partial charge in [0.25, 0.3) is 0 Å². The van der Waals surface area contributed by atoms with Gasteiger partial charge < -0.3 is 4.90 Å². The molecule has 0 radical (unpaired) electrons. The fraction of sp³-hybridized carbons (Fsp3) is 0.552. The van der Waals surface area contributed by atoms with E-state index in [9.17, 15) is 0 Å². The molecule has 35 heavy (non-hydrogen) atoms. The maximum atomic E-state index is 4.85. The Kier molecular flexibility index (Phi) is 7.95. The molecule has 1 unspecified atom stereocenters. The van der Waals surface area contributed by atoms with Crippen LogP contribution in [0.4, 0.5) is 0 Å². The number of thiazole rings is 1. The molecule has 0 N–H and O–H groups in total. The van der Waals surface area contributed by atoms with Gasteiger partial charge in [0, 0.05) is 35.9 Å². The summed E-state index contributed by atoms with van der Waals surface area (Å²) in [5, 5.41) is 5.57. The Morgan fingerprint density at radius 3 is 2.17 bits per heavy atom. The van der Waals surface area contributed by atoms with E-state index >= 15 is 0 Å². The lowest BCUT2D eigenvalue weighted by atomic mass is 9.79.